The summed E-state index contributed by atoms with van der Waals surface area (Å²) in [5.41, 5.74) is 2.08. The summed E-state index contributed by atoms with van der Waals surface area (Å²) < 4.78 is 0. The molecule has 2 heterocycles. The van der Waals surface area contributed by atoms with Crippen LogP contribution in [0.15, 0.2) is 6.33 Å². The van der Waals surface area contributed by atoms with Gasteiger partial charge in [-0.15, -0.1) is 0 Å². The molecule has 0 saturated heterocycles. The van der Waals surface area contributed by atoms with Gasteiger partial charge in [0.05, 0.1) is 23.8 Å². The second-order valence-electron chi connectivity index (χ2n) is 5.14. The summed E-state index contributed by atoms with van der Waals surface area (Å²) >= 11 is 0. The third-order valence-electron chi connectivity index (χ3n) is 3.07. The Balaban J connectivity index is 1.87. The van der Waals surface area contributed by atoms with Gasteiger partial charge in [-0.25, -0.2) is 4.98 Å². The second-order valence-corrected chi connectivity index (χ2v) is 5.14. The fraction of sp³-hybridized carbons (Fsp3) is 0.667. The average molecular weight is 251 g/mol. The van der Waals surface area contributed by atoms with Gasteiger partial charge in [-0.3, -0.25) is 10.1 Å². The van der Waals surface area contributed by atoms with Crippen LogP contribution in [-0.4, -0.2) is 53.5 Å². The number of nitrogens with one attached hydrogen (secondary N) is 3. The minimum atomic E-state index is -0.176. The van der Waals surface area contributed by atoms with Crippen LogP contribution in [0.5, 0.6) is 0 Å². The molecule has 2 atom stereocenters. The van der Waals surface area contributed by atoms with Crippen molar-refractivity contribution in [2.75, 3.05) is 20.6 Å². The molecule has 6 nitrogen and oxygen atoms in total. The average Bonchev–Trinajstić information content (AvgIpc) is 2.74. The van der Waals surface area contributed by atoms with Crippen molar-refractivity contribution in [3.05, 3.63) is 17.7 Å². The van der Waals surface area contributed by atoms with Crippen molar-refractivity contribution in [1.82, 2.24) is 25.5 Å². The fourth-order valence-electron chi connectivity index (χ4n) is 2.29. The molecule has 2 unspecified atom stereocenters. The number of nitrogens with zero attached hydrogens (tertiary/aromatic N) is 2. The Hall–Kier alpha value is -1.40. The molecule has 100 valence electrons. The molecule has 0 aliphatic carbocycles. The maximum Gasteiger partial charge on any atom is 0.237 e. The monoisotopic (exact) mass is 251 g/mol. The number of H-pyrrole nitrogens is 1. The molecule has 0 bridgehead atoms. The zero-order chi connectivity index (χ0) is 13.1. The molecule has 6 heteroatoms. The van der Waals surface area contributed by atoms with Crippen LogP contribution < -0.4 is 10.6 Å². The molecule has 0 saturated carbocycles. The van der Waals surface area contributed by atoms with Crippen LogP contribution in [0.3, 0.4) is 0 Å². The minimum absolute atomic E-state index is 0.0537. The molecular formula is C12H21N5O. The van der Waals surface area contributed by atoms with Crippen molar-refractivity contribution in [3.63, 3.8) is 0 Å². The molecule has 1 aromatic rings. The van der Waals surface area contributed by atoms with E-state index in [1.54, 1.807) is 6.33 Å². The van der Waals surface area contributed by atoms with E-state index in [9.17, 15) is 4.79 Å². The predicted octanol–water partition coefficient (Wildman–Crippen LogP) is -0.510. The second kappa shape index (κ2) is 5.49. The third-order valence-corrected chi connectivity index (χ3v) is 3.07. The van der Waals surface area contributed by atoms with Gasteiger partial charge in [0.15, 0.2) is 0 Å². The highest BCUT2D eigenvalue weighted by molar-refractivity contribution is 5.82. The predicted molar refractivity (Wildman–Crippen MR) is 69.1 cm³/mol. The first kappa shape index (κ1) is 13.0. The van der Waals surface area contributed by atoms with Crippen molar-refractivity contribution in [1.29, 1.82) is 0 Å². The molecule has 0 fully saturated rings. The highest BCUT2D eigenvalue weighted by atomic mass is 16.2. The summed E-state index contributed by atoms with van der Waals surface area (Å²) in [6.45, 7) is 3.53. The van der Waals surface area contributed by atoms with Crippen LogP contribution in [0.4, 0.5) is 0 Å². The first-order valence-corrected chi connectivity index (χ1v) is 6.26. The van der Waals surface area contributed by atoms with E-state index < -0.39 is 0 Å². The smallest absolute Gasteiger partial charge is 0.237 e. The number of rotatable bonds is 4. The Morgan fingerprint density at radius 3 is 3.17 bits per heavy atom. The van der Waals surface area contributed by atoms with E-state index in [0.717, 1.165) is 17.9 Å². The van der Waals surface area contributed by atoms with Crippen LogP contribution in [0.1, 0.15) is 18.3 Å². The van der Waals surface area contributed by atoms with Crippen molar-refractivity contribution in [3.8, 4) is 0 Å². The quantitative estimate of drug-likeness (QED) is 0.674. The largest absolute Gasteiger partial charge is 0.351 e. The number of amides is 1. The van der Waals surface area contributed by atoms with Gasteiger partial charge in [0, 0.05) is 25.6 Å². The van der Waals surface area contributed by atoms with Gasteiger partial charge in [-0.05, 0) is 21.0 Å². The molecule has 3 N–H and O–H groups in total. The first-order chi connectivity index (χ1) is 8.56. The number of likely N-dealkylation sites (N-methyl/N-ethyl adjacent to an activating group) is 1. The molecule has 18 heavy (non-hydrogen) atoms. The topological polar surface area (TPSA) is 73.0 Å². The number of hydrogen-bond acceptors (Lipinski definition) is 4. The molecule has 1 aliphatic heterocycles. The number of aromatic nitrogens is 2. The van der Waals surface area contributed by atoms with Gasteiger partial charge in [0.2, 0.25) is 5.91 Å². The van der Waals surface area contributed by atoms with Crippen molar-refractivity contribution >= 4 is 5.91 Å². The molecule has 2 rings (SSSR count). The lowest BCUT2D eigenvalue weighted by Crippen LogP contribution is -2.51. The molecule has 0 aromatic carbocycles. The van der Waals surface area contributed by atoms with Gasteiger partial charge in [-0.1, -0.05) is 0 Å². The van der Waals surface area contributed by atoms with E-state index in [2.05, 4.69) is 25.5 Å². The summed E-state index contributed by atoms with van der Waals surface area (Å²) in [5, 5.41) is 6.25. The van der Waals surface area contributed by atoms with Gasteiger partial charge in [0.1, 0.15) is 0 Å². The number of fused-ring (bicyclic) bond motifs is 1. The summed E-state index contributed by atoms with van der Waals surface area (Å²) in [7, 11) is 4.00. The molecule has 1 amide bonds. The van der Waals surface area contributed by atoms with Crippen molar-refractivity contribution in [2.24, 2.45) is 0 Å². The first-order valence-electron chi connectivity index (χ1n) is 6.26. The highest BCUT2D eigenvalue weighted by Crippen LogP contribution is 2.12. The van der Waals surface area contributed by atoms with Crippen LogP contribution in [0, 0.1) is 0 Å². The lowest BCUT2D eigenvalue weighted by atomic mass is 10.0. The Morgan fingerprint density at radius 1 is 1.67 bits per heavy atom. The van der Waals surface area contributed by atoms with Crippen molar-refractivity contribution in [2.45, 2.75) is 32.0 Å². The maximum absolute atomic E-state index is 12.1. The molecule has 1 aromatic heterocycles. The Morgan fingerprint density at radius 2 is 2.44 bits per heavy atom. The summed E-state index contributed by atoms with van der Waals surface area (Å²) in [6, 6.07) is -0.0275. The minimum Gasteiger partial charge on any atom is -0.351 e. The zero-order valence-electron chi connectivity index (χ0n) is 11.2. The SMILES string of the molecule is CC(CN(C)C)NC(=O)C1Cc2nc[nH]c2CN1. The van der Waals surface area contributed by atoms with E-state index in [-0.39, 0.29) is 18.0 Å². The summed E-state index contributed by atoms with van der Waals surface area (Å²) in [5.74, 6) is 0.0537. The van der Waals surface area contributed by atoms with Crippen LogP contribution in [0.25, 0.3) is 0 Å². The molecule has 0 radical (unpaired) electrons. The normalized spacial score (nSPS) is 20.6. The number of carbonyl (C=O) groups excluding carboxylic acids is 1. The standard InChI is InChI=1S/C12H21N5O/c1-8(6-17(2)3)16-12(18)10-4-9-11(5-13-10)15-7-14-9/h7-8,10,13H,4-6H2,1-3H3,(H,14,15)(H,16,18). The maximum atomic E-state index is 12.1. The van der Waals surface area contributed by atoms with E-state index in [1.165, 1.54) is 0 Å². The van der Waals surface area contributed by atoms with E-state index >= 15 is 0 Å². The van der Waals surface area contributed by atoms with E-state index in [0.29, 0.717) is 13.0 Å². The van der Waals surface area contributed by atoms with Gasteiger partial charge < -0.3 is 15.2 Å². The van der Waals surface area contributed by atoms with E-state index in [1.807, 2.05) is 21.0 Å². The van der Waals surface area contributed by atoms with Crippen molar-refractivity contribution < 1.29 is 4.79 Å². The zero-order valence-corrected chi connectivity index (χ0v) is 11.2. The highest BCUT2D eigenvalue weighted by Gasteiger charge is 2.26. The molecule has 0 spiro atoms. The van der Waals surface area contributed by atoms with Gasteiger partial charge >= 0.3 is 0 Å². The van der Waals surface area contributed by atoms with Gasteiger partial charge in [-0.2, -0.15) is 0 Å². The Labute approximate surface area is 107 Å². The molecule has 1 aliphatic rings. The number of aromatic amines is 1. The van der Waals surface area contributed by atoms with Gasteiger partial charge in [0.25, 0.3) is 0 Å². The number of carbonyl (C=O) groups is 1. The fourth-order valence-corrected chi connectivity index (χ4v) is 2.29. The van der Waals surface area contributed by atoms with E-state index in [4.69, 9.17) is 0 Å². The summed E-state index contributed by atoms with van der Waals surface area (Å²) in [4.78, 5) is 21.5. The van der Waals surface area contributed by atoms with Crippen LogP contribution >= 0.6 is 0 Å². The third kappa shape index (κ3) is 3.08. The Bertz CT molecular complexity index is 414. The lowest BCUT2D eigenvalue weighted by molar-refractivity contribution is -0.124. The Kier molecular flexibility index (Phi) is 3.98. The number of imidazole rings is 1. The molecular weight excluding hydrogens is 230 g/mol. The van der Waals surface area contributed by atoms with Crippen LogP contribution in [0.2, 0.25) is 0 Å². The lowest BCUT2D eigenvalue weighted by Gasteiger charge is -2.25. The summed E-state index contributed by atoms with van der Waals surface area (Å²) in [6.07, 6.45) is 2.33. The number of hydrogen-bond donors (Lipinski definition) is 3. The van der Waals surface area contributed by atoms with Crippen LogP contribution in [-0.2, 0) is 17.8 Å².